The van der Waals surface area contributed by atoms with Gasteiger partial charge in [-0.25, -0.2) is 13.8 Å². The van der Waals surface area contributed by atoms with E-state index in [1.54, 1.807) is 23.2 Å². The van der Waals surface area contributed by atoms with E-state index >= 15 is 0 Å². The zero-order valence-corrected chi connectivity index (χ0v) is 15.6. The van der Waals surface area contributed by atoms with Crippen LogP contribution in [-0.2, 0) is 6.42 Å². The molecule has 2 aromatic carbocycles. The number of carbonyl (C=O) groups excluding carboxylic acids is 1. The third kappa shape index (κ3) is 4.03. The van der Waals surface area contributed by atoms with Gasteiger partial charge in [0, 0.05) is 24.5 Å². The van der Waals surface area contributed by atoms with E-state index in [9.17, 15) is 13.6 Å². The van der Waals surface area contributed by atoms with Gasteiger partial charge in [0.25, 0.3) is 5.91 Å². The average molecular weight is 395 g/mol. The Morgan fingerprint density at radius 3 is 2.86 bits per heavy atom. The second-order valence-electron chi connectivity index (χ2n) is 6.59. The second kappa shape index (κ2) is 8.26. The van der Waals surface area contributed by atoms with Crippen LogP contribution in [0.25, 0.3) is 0 Å². The number of aromatic nitrogens is 1. The van der Waals surface area contributed by atoms with Gasteiger partial charge in [0.05, 0.1) is 12.1 Å². The Morgan fingerprint density at radius 2 is 2.00 bits per heavy atom. The van der Waals surface area contributed by atoms with Crippen LogP contribution >= 0.6 is 0 Å². The summed E-state index contributed by atoms with van der Waals surface area (Å²) in [6.45, 7) is 1.05. The van der Waals surface area contributed by atoms with E-state index in [0.717, 1.165) is 29.8 Å². The molecule has 3 aromatic rings. The summed E-state index contributed by atoms with van der Waals surface area (Å²) >= 11 is 0. The van der Waals surface area contributed by atoms with Crippen molar-refractivity contribution in [3.05, 3.63) is 83.6 Å². The Hall–Kier alpha value is -3.48. The van der Waals surface area contributed by atoms with E-state index in [-0.39, 0.29) is 18.3 Å². The quantitative estimate of drug-likeness (QED) is 0.640. The van der Waals surface area contributed by atoms with Crippen molar-refractivity contribution in [3.8, 4) is 5.75 Å². The van der Waals surface area contributed by atoms with Gasteiger partial charge < -0.3 is 15.0 Å². The van der Waals surface area contributed by atoms with Crippen molar-refractivity contribution in [1.29, 1.82) is 0 Å². The molecule has 1 aliphatic rings. The second-order valence-corrected chi connectivity index (χ2v) is 6.59. The number of carbonyl (C=O) groups is 1. The zero-order chi connectivity index (χ0) is 20.2. The van der Waals surface area contributed by atoms with Crippen LogP contribution in [0.2, 0.25) is 0 Å². The maximum absolute atomic E-state index is 13.6. The highest BCUT2D eigenvalue weighted by atomic mass is 19.1. The molecule has 0 atom stereocenters. The highest BCUT2D eigenvalue weighted by Gasteiger charge is 2.26. The van der Waals surface area contributed by atoms with Crippen molar-refractivity contribution in [1.82, 2.24) is 4.98 Å². The molecular formula is C22H19F2N3O2. The SMILES string of the molecule is O=C(c1cccnc1NCCOc1ccc(F)cc1F)N1CCc2ccccc21. The molecule has 29 heavy (non-hydrogen) atoms. The Balaban J connectivity index is 1.42. The van der Waals surface area contributed by atoms with Crippen LogP contribution in [0.5, 0.6) is 5.75 Å². The summed E-state index contributed by atoms with van der Waals surface area (Å²) in [7, 11) is 0. The van der Waals surface area contributed by atoms with Crippen molar-refractivity contribution in [3.63, 3.8) is 0 Å². The predicted octanol–water partition coefficient (Wildman–Crippen LogP) is 4.05. The molecule has 2 heterocycles. The summed E-state index contributed by atoms with van der Waals surface area (Å²) in [6, 6.07) is 14.4. The maximum atomic E-state index is 13.6. The first kappa shape index (κ1) is 18.9. The summed E-state index contributed by atoms with van der Waals surface area (Å²) in [4.78, 5) is 19.1. The first-order valence-electron chi connectivity index (χ1n) is 9.30. The number of nitrogens with zero attached hydrogens (tertiary/aromatic N) is 2. The summed E-state index contributed by atoms with van der Waals surface area (Å²) in [5.74, 6) is -1.14. The van der Waals surface area contributed by atoms with Gasteiger partial charge in [-0.1, -0.05) is 18.2 Å². The average Bonchev–Trinajstić information content (AvgIpc) is 3.16. The Kier molecular flexibility index (Phi) is 5.37. The number of halogens is 2. The Morgan fingerprint density at radius 1 is 1.14 bits per heavy atom. The fourth-order valence-corrected chi connectivity index (χ4v) is 3.34. The zero-order valence-electron chi connectivity index (χ0n) is 15.6. The lowest BCUT2D eigenvalue weighted by Crippen LogP contribution is -2.30. The first-order chi connectivity index (χ1) is 14.1. The van der Waals surface area contributed by atoms with Gasteiger partial charge in [-0.05, 0) is 42.3 Å². The van der Waals surface area contributed by atoms with Gasteiger partial charge in [0.2, 0.25) is 0 Å². The number of hydrogen-bond donors (Lipinski definition) is 1. The molecule has 0 radical (unpaired) electrons. The molecule has 0 aliphatic carbocycles. The molecular weight excluding hydrogens is 376 g/mol. The van der Waals surface area contributed by atoms with Crippen LogP contribution < -0.4 is 15.0 Å². The number of pyridine rings is 1. The largest absolute Gasteiger partial charge is 0.489 e. The number of fused-ring (bicyclic) bond motifs is 1. The van der Waals surface area contributed by atoms with E-state index in [1.807, 2.05) is 24.3 Å². The fourth-order valence-electron chi connectivity index (χ4n) is 3.34. The number of nitrogens with one attached hydrogen (secondary N) is 1. The van der Waals surface area contributed by atoms with Crippen molar-refractivity contribution < 1.29 is 18.3 Å². The van der Waals surface area contributed by atoms with Gasteiger partial charge in [-0.2, -0.15) is 0 Å². The summed E-state index contributed by atoms with van der Waals surface area (Å²) in [6.07, 6.45) is 2.42. The number of amides is 1. The summed E-state index contributed by atoms with van der Waals surface area (Å²) < 4.78 is 31.9. The van der Waals surface area contributed by atoms with Gasteiger partial charge in [0.1, 0.15) is 18.2 Å². The van der Waals surface area contributed by atoms with Crippen LogP contribution in [0, 0.1) is 11.6 Å². The van der Waals surface area contributed by atoms with Crippen LogP contribution in [0.3, 0.4) is 0 Å². The molecule has 1 aliphatic heterocycles. The van der Waals surface area contributed by atoms with E-state index in [1.165, 1.54) is 6.07 Å². The van der Waals surface area contributed by atoms with E-state index in [4.69, 9.17) is 4.74 Å². The molecule has 1 N–H and O–H groups in total. The molecule has 0 unspecified atom stereocenters. The van der Waals surface area contributed by atoms with Gasteiger partial charge in [-0.15, -0.1) is 0 Å². The van der Waals surface area contributed by atoms with Crippen LogP contribution in [0.4, 0.5) is 20.3 Å². The fraction of sp³-hybridized carbons (Fsp3) is 0.182. The number of benzene rings is 2. The van der Waals surface area contributed by atoms with E-state index in [0.29, 0.717) is 24.5 Å². The van der Waals surface area contributed by atoms with Crippen molar-refractivity contribution in [2.24, 2.45) is 0 Å². The van der Waals surface area contributed by atoms with Gasteiger partial charge in [-0.3, -0.25) is 4.79 Å². The molecule has 0 saturated heterocycles. The highest BCUT2D eigenvalue weighted by molar-refractivity contribution is 6.10. The van der Waals surface area contributed by atoms with Gasteiger partial charge in [0.15, 0.2) is 11.6 Å². The first-order valence-corrected chi connectivity index (χ1v) is 9.30. The van der Waals surface area contributed by atoms with Crippen LogP contribution in [-0.4, -0.2) is 30.6 Å². The molecule has 5 nitrogen and oxygen atoms in total. The topological polar surface area (TPSA) is 54.5 Å². The standard InChI is InChI=1S/C22H19F2N3O2/c23-16-7-8-20(18(24)14-16)29-13-11-26-21-17(5-3-10-25-21)22(28)27-12-9-15-4-1-2-6-19(15)27/h1-8,10,14H,9,11-13H2,(H,25,26). The van der Waals surface area contributed by atoms with Gasteiger partial charge >= 0.3 is 0 Å². The molecule has 0 saturated carbocycles. The Bertz CT molecular complexity index is 1040. The molecule has 1 amide bonds. The Labute approximate surface area is 166 Å². The van der Waals surface area contributed by atoms with E-state index in [2.05, 4.69) is 10.3 Å². The normalized spacial score (nSPS) is 12.6. The summed E-state index contributed by atoms with van der Waals surface area (Å²) in [5.41, 5.74) is 2.52. The number of rotatable bonds is 6. The lowest BCUT2D eigenvalue weighted by molar-refractivity contribution is 0.0990. The molecule has 0 bridgehead atoms. The molecule has 1 aromatic heterocycles. The lowest BCUT2D eigenvalue weighted by atomic mass is 10.1. The molecule has 0 fully saturated rings. The molecule has 0 spiro atoms. The van der Waals surface area contributed by atoms with E-state index < -0.39 is 11.6 Å². The van der Waals surface area contributed by atoms with Crippen LogP contribution in [0.15, 0.2) is 60.8 Å². The number of hydrogen-bond acceptors (Lipinski definition) is 4. The third-order valence-electron chi connectivity index (χ3n) is 4.72. The van der Waals surface area contributed by atoms with Crippen molar-refractivity contribution in [2.45, 2.75) is 6.42 Å². The minimum atomic E-state index is -0.758. The van der Waals surface area contributed by atoms with Crippen molar-refractivity contribution >= 4 is 17.4 Å². The monoisotopic (exact) mass is 395 g/mol. The molecule has 148 valence electrons. The summed E-state index contributed by atoms with van der Waals surface area (Å²) in [5, 5.41) is 3.06. The molecule has 7 heteroatoms. The number of anilines is 2. The smallest absolute Gasteiger partial charge is 0.262 e. The highest BCUT2D eigenvalue weighted by Crippen LogP contribution is 2.29. The number of ether oxygens (including phenoxy) is 1. The minimum Gasteiger partial charge on any atom is -0.489 e. The lowest BCUT2D eigenvalue weighted by Gasteiger charge is -2.19. The third-order valence-corrected chi connectivity index (χ3v) is 4.72. The predicted molar refractivity (Wildman–Crippen MR) is 106 cm³/mol. The van der Waals surface area contributed by atoms with Crippen LogP contribution in [0.1, 0.15) is 15.9 Å². The van der Waals surface area contributed by atoms with Crippen molar-refractivity contribution in [2.75, 3.05) is 29.9 Å². The maximum Gasteiger partial charge on any atom is 0.262 e. The minimum absolute atomic E-state index is 0.0285. The number of para-hydroxylation sites is 1. The molecule has 4 rings (SSSR count).